The molecule has 1 aliphatic heterocycles. The van der Waals surface area contributed by atoms with E-state index < -0.39 is 16.1 Å². The molecule has 0 radical (unpaired) electrons. The second kappa shape index (κ2) is 5.60. The molecule has 10 heteroatoms. The molecule has 3 heterocycles. The van der Waals surface area contributed by atoms with Crippen molar-refractivity contribution in [3.05, 3.63) is 16.9 Å². The number of rotatable bonds is 4. The van der Waals surface area contributed by atoms with E-state index in [-0.39, 0.29) is 12.5 Å². The summed E-state index contributed by atoms with van der Waals surface area (Å²) in [6.07, 6.45) is 4.16. The zero-order chi connectivity index (χ0) is 15.9. The van der Waals surface area contributed by atoms with Gasteiger partial charge in [-0.05, 0) is 19.8 Å². The maximum absolute atomic E-state index is 12.2. The van der Waals surface area contributed by atoms with Crippen LogP contribution in [0.1, 0.15) is 23.5 Å². The first-order chi connectivity index (χ1) is 10.3. The predicted molar refractivity (Wildman–Crippen MR) is 82.0 cm³/mol. The largest absolute Gasteiger partial charge is 0.349 e. The molecule has 3 rings (SSSR count). The second-order valence-corrected chi connectivity index (χ2v) is 8.43. The van der Waals surface area contributed by atoms with Crippen molar-refractivity contribution in [1.82, 2.24) is 24.2 Å². The van der Waals surface area contributed by atoms with Crippen molar-refractivity contribution in [2.24, 2.45) is 0 Å². The highest BCUT2D eigenvalue weighted by Crippen LogP contribution is 2.20. The zero-order valence-electron chi connectivity index (χ0n) is 12.3. The van der Waals surface area contributed by atoms with Gasteiger partial charge in [0.15, 0.2) is 0 Å². The van der Waals surface area contributed by atoms with Crippen molar-refractivity contribution < 1.29 is 13.2 Å². The van der Waals surface area contributed by atoms with Gasteiger partial charge in [-0.3, -0.25) is 4.79 Å². The smallest absolute Gasteiger partial charge is 0.238 e. The molecule has 0 bridgehead atoms. The molecule has 1 saturated heterocycles. The molecule has 0 spiro atoms. The van der Waals surface area contributed by atoms with Crippen LogP contribution in [0.2, 0.25) is 0 Å². The van der Waals surface area contributed by atoms with E-state index >= 15 is 0 Å². The number of fused-ring (bicyclic) bond motifs is 1. The number of hydrogen-bond donors (Lipinski definition) is 1. The highest BCUT2D eigenvalue weighted by Gasteiger charge is 2.36. The van der Waals surface area contributed by atoms with E-state index in [2.05, 4.69) is 15.4 Å². The molecule has 0 unspecified atom stereocenters. The van der Waals surface area contributed by atoms with Crippen LogP contribution in [-0.4, -0.2) is 52.1 Å². The summed E-state index contributed by atoms with van der Waals surface area (Å²) < 4.78 is 26.3. The lowest BCUT2D eigenvalue weighted by atomic mass is 10.2. The third-order valence-corrected chi connectivity index (χ3v) is 5.70. The Morgan fingerprint density at radius 3 is 3.00 bits per heavy atom. The standard InChI is InChI=1S/C12H17N5O3S2/c1-8-15-16-7-9(14-12(16)21-8)6-13-11(18)10-4-3-5-17(10)22(2,19)20/h7,10H,3-6H2,1-2H3,(H,13,18)/t10-/m0/s1. The zero-order valence-corrected chi connectivity index (χ0v) is 13.9. The molecule has 1 N–H and O–H groups in total. The summed E-state index contributed by atoms with van der Waals surface area (Å²) in [5.74, 6) is -0.275. The fraction of sp³-hybridized carbons (Fsp3) is 0.583. The van der Waals surface area contributed by atoms with Gasteiger partial charge in [-0.15, -0.1) is 0 Å². The molecule has 2 aromatic rings. The van der Waals surface area contributed by atoms with Crippen molar-refractivity contribution in [2.45, 2.75) is 32.4 Å². The summed E-state index contributed by atoms with van der Waals surface area (Å²) in [5.41, 5.74) is 0.705. The van der Waals surface area contributed by atoms with Crippen molar-refractivity contribution in [3.63, 3.8) is 0 Å². The minimum absolute atomic E-state index is 0.266. The van der Waals surface area contributed by atoms with Gasteiger partial charge in [-0.1, -0.05) is 11.3 Å². The lowest BCUT2D eigenvalue weighted by molar-refractivity contribution is -0.124. The highest BCUT2D eigenvalue weighted by molar-refractivity contribution is 7.88. The summed E-state index contributed by atoms with van der Waals surface area (Å²) >= 11 is 1.48. The maximum atomic E-state index is 12.2. The lowest BCUT2D eigenvalue weighted by Crippen LogP contribution is -2.45. The molecule has 1 amide bonds. The first-order valence-corrected chi connectivity index (χ1v) is 9.57. The van der Waals surface area contributed by atoms with Crippen molar-refractivity contribution in [1.29, 1.82) is 0 Å². The molecule has 22 heavy (non-hydrogen) atoms. The Morgan fingerprint density at radius 2 is 2.32 bits per heavy atom. The van der Waals surface area contributed by atoms with Crippen LogP contribution in [0.15, 0.2) is 6.20 Å². The third-order valence-electron chi connectivity index (χ3n) is 3.57. The monoisotopic (exact) mass is 343 g/mol. The van der Waals surface area contributed by atoms with E-state index in [4.69, 9.17) is 0 Å². The third kappa shape index (κ3) is 2.99. The van der Waals surface area contributed by atoms with Crippen LogP contribution in [0, 0.1) is 6.92 Å². The number of hydrogen-bond acceptors (Lipinski definition) is 6. The minimum atomic E-state index is -3.35. The predicted octanol–water partition coefficient (Wildman–Crippen LogP) is 0.139. The van der Waals surface area contributed by atoms with Gasteiger partial charge in [-0.25, -0.2) is 17.9 Å². The van der Waals surface area contributed by atoms with E-state index in [1.165, 1.54) is 15.6 Å². The molecular weight excluding hydrogens is 326 g/mol. The fourth-order valence-corrected chi connectivity index (χ4v) is 4.49. The molecule has 0 aliphatic carbocycles. The number of sulfonamides is 1. The number of aromatic nitrogens is 3. The van der Waals surface area contributed by atoms with Gasteiger partial charge in [0.2, 0.25) is 20.9 Å². The number of nitrogens with zero attached hydrogens (tertiary/aromatic N) is 4. The van der Waals surface area contributed by atoms with E-state index in [1.807, 2.05) is 6.92 Å². The van der Waals surface area contributed by atoms with Crippen molar-refractivity contribution >= 4 is 32.2 Å². The molecule has 1 fully saturated rings. The van der Waals surface area contributed by atoms with E-state index in [0.717, 1.165) is 16.2 Å². The quantitative estimate of drug-likeness (QED) is 0.852. The van der Waals surface area contributed by atoms with E-state index in [1.54, 1.807) is 10.7 Å². The van der Waals surface area contributed by atoms with Crippen LogP contribution < -0.4 is 5.32 Å². The molecule has 0 aromatic carbocycles. The number of nitrogens with one attached hydrogen (secondary N) is 1. The van der Waals surface area contributed by atoms with Crippen LogP contribution in [-0.2, 0) is 21.4 Å². The average Bonchev–Trinajstić information content (AvgIpc) is 3.07. The molecular formula is C12H17N5O3S2. The Labute approximate surface area is 132 Å². The van der Waals surface area contributed by atoms with Crippen LogP contribution in [0.25, 0.3) is 4.96 Å². The van der Waals surface area contributed by atoms with Crippen molar-refractivity contribution in [3.8, 4) is 0 Å². The van der Waals surface area contributed by atoms with Gasteiger partial charge in [-0.2, -0.15) is 9.40 Å². The van der Waals surface area contributed by atoms with Crippen molar-refractivity contribution in [2.75, 3.05) is 12.8 Å². The van der Waals surface area contributed by atoms with Gasteiger partial charge < -0.3 is 5.32 Å². The average molecular weight is 343 g/mol. The van der Waals surface area contributed by atoms with Gasteiger partial charge in [0.25, 0.3) is 0 Å². The van der Waals surface area contributed by atoms with Gasteiger partial charge >= 0.3 is 0 Å². The Kier molecular flexibility index (Phi) is 3.91. The number of imidazole rings is 1. The Hall–Kier alpha value is -1.52. The number of carbonyl (C=O) groups excluding carboxylic acids is 1. The Balaban J connectivity index is 1.65. The van der Waals surface area contributed by atoms with Crippen LogP contribution in [0.3, 0.4) is 0 Å². The molecule has 120 valence electrons. The summed E-state index contributed by atoms with van der Waals surface area (Å²) in [7, 11) is -3.35. The highest BCUT2D eigenvalue weighted by atomic mass is 32.2. The molecule has 1 atom stereocenters. The minimum Gasteiger partial charge on any atom is -0.349 e. The molecule has 1 aliphatic rings. The number of aryl methyl sites for hydroxylation is 1. The SMILES string of the molecule is Cc1nn2cc(CNC(=O)[C@@H]3CCCN3S(C)(=O)=O)nc2s1. The fourth-order valence-electron chi connectivity index (χ4n) is 2.62. The first-order valence-electron chi connectivity index (χ1n) is 6.91. The molecule has 8 nitrogen and oxygen atoms in total. The van der Waals surface area contributed by atoms with Crippen LogP contribution in [0.4, 0.5) is 0 Å². The lowest BCUT2D eigenvalue weighted by Gasteiger charge is -2.21. The topological polar surface area (TPSA) is 96.7 Å². The van der Waals surface area contributed by atoms with E-state index in [9.17, 15) is 13.2 Å². The van der Waals surface area contributed by atoms with Gasteiger partial charge in [0.05, 0.1) is 24.7 Å². The Bertz CT molecular complexity index is 778. The number of carbonyl (C=O) groups is 1. The number of amides is 1. The normalized spacial score (nSPS) is 19.8. The van der Waals surface area contributed by atoms with Gasteiger partial charge in [0.1, 0.15) is 11.0 Å². The summed E-state index contributed by atoms with van der Waals surface area (Å²) in [6.45, 7) is 2.57. The summed E-state index contributed by atoms with van der Waals surface area (Å²) in [6, 6.07) is -0.612. The van der Waals surface area contributed by atoms with Crippen LogP contribution >= 0.6 is 11.3 Å². The van der Waals surface area contributed by atoms with Gasteiger partial charge in [0, 0.05) is 6.54 Å². The maximum Gasteiger partial charge on any atom is 0.238 e. The first kappa shape index (κ1) is 15.4. The summed E-state index contributed by atoms with van der Waals surface area (Å²) in [5, 5.41) is 7.94. The van der Waals surface area contributed by atoms with Crippen LogP contribution in [0.5, 0.6) is 0 Å². The Morgan fingerprint density at radius 1 is 1.55 bits per heavy atom. The van der Waals surface area contributed by atoms with E-state index in [0.29, 0.717) is 25.1 Å². The summed E-state index contributed by atoms with van der Waals surface area (Å²) in [4.78, 5) is 17.4. The molecule has 2 aromatic heterocycles. The second-order valence-electron chi connectivity index (χ2n) is 5.33. The molecule has 0 saturated carbocycles.